The zero-order valence-electron chi connectivity index (χ0n) is 10.6. The summed E-state index contributed by atoms with van der Waals surface area (Å²) in [6.07, 6.45) is 4.94. The van der Waals surface area contributed by atoms with Gasteiger partial charge in [0.25, 0.3) is 0 Å². The summed E-state index contributed by atoms with van der Waals surface area (Å²) in [5.41, 5.74) is 3.45. The van der Waals surface area contributed by atoms with Crippen molar-refractivity contribution in [3.8, 4) is 0 Å². The molecule has 0 heterocycles. The van der Waals surface area contributed by atoms with E-state index in [2.05, 4.69) is 20.4 Å². The predicted molar refractivity (Wildman–Crippen MR) is 66.1 cm³/mol. The van der Waals surface area contributed by atoms with Crippen LogP contribution in [-0.2, 0) is 9.53 Å². The second-order valence-electron chi connectivity index (χ2n) is 4.79. The molecule has 2 nitrogen and oxygen atoms in total. The third kappa shape index (κ3) is 3.51. The largest absolute Gasteiger partial charge is 0.462 e. The molecule has 1 atom stereocenters. The first-order valence-electron chi connectivity index (χ1n) is 6.03. The van der Waals surface area contributed by atoms with Crippen LogP contribution in [0, 0.1) is 5.92 Å². The third-order valence-corrected chi connectivity index (χ3v) is 3.20. The lowest BCUT2D eigenvalue weighted by atomic mass is 9.86. The van der Waals surface area contributed by atoms with E-state index in [1.807, 2.05) is 0 Å². The van der Waals surface area contributed by atoms with Crippen molar-refractivity contribution in [2.24, 2.45) is 5.92 Å². The molecule has 0 N–H and O–H groups in total. The van der Waals surface area contributed by atoms with Crippen LogP contribution in [0.4, 0.5) is 0 Å². The molecule has 1 aliphatic rings. The van der Waals surface area contributed by atoms with Crippen molar-refractivity contribution in [2.45, 2.75) is 46.5 Å². The molecule has 0 saturated heterocycles. The molecule has 1 unspecified atom stereocenters. The van der Waals surface area contributed by atoms with E-state index in [0.29, 0.717) is 18.1 Å². The van der Waals surface area contributed by atoms with Crippen LogP contribution < -0.4 is 0 Å². The maximum absolute atomic E-state index is 11.3. The monoisotopic (exact) mass is 222 g/mol. The molecule has 0 amide bonds. The molecule has 90 valence electrons. The second kappa shape index (κ2) is 5.88. The van der Waals surface area contributed by atoms with Crippen molar-refractivity contribution in [3.63, 3.8) is 0 Å². The minimum atomic E-state index is -0.277. The lowest BCUT2D eigenvalue weighted by Crippen LogP contribution is -2.16. The van der Waals surface area contributed by atoms with Gasteiger partial charge in [-0.05, 0) is 39.5 Å². The zero-order chi connectivity index (χ0) is 12.1. The Kier molecular flexibility index (Phi) is 4.78. The molecule has 0 aromatic rings. The lowest BCUT2D eigenvalue weighted by molar-refractivity contribution is -0.139. The van der Waals surface area contributed by atoms with Gasteiger partial charge in [-0.25, -0.2) is 4.79 Å². The minimum Gasteiger partial charge on any atom is -0.462 e. The number of hydrogen-bond donors (Lipinski definition) is 0. The van der Waals surface area contributed by atoms with Gasteiger partial charge in [-0.1, -0.05) is 24.6 Å². The average Bonchev–Trinajstić information content (AvgIpc) is 2.25. The van der Waals surface area contributed by atoms with Crippen LogP contribution in [0.25, 0.3) is 0 Å². The first-order chi connectivity index (χ1) is 7.52. The van der Waals surface area contributed by atoms with E-state index in [4.69, 9.17) is 4.74 Å². The number of rotatable bonds is 4. The number of esters is 1. The highest BCUT2D eigenvalue weighted by Gasteiger charge is 2.17. The molecule has 0 aromatic heterocycles. The van der Waals surface area contributed by atoms with Gasteiger partial charge < -0.3 is 4.74 Å². The summed E-state index contributed by atoms with van der Waals surface area (Å²) in [5.74, 6) is 0.0736. The van der Waals surface area contributed by atoms with E-state index >= 15 is 0 Å². The molecule has 0 aromatic carbocycles. The molecule has 0 bridgehead atoms. The Morgan fingerprint density at radius 3 is 2.62 bits per heavy atom. The molecule has 16 heavy (non-hydrogen) atoms. The van der Waals surface area contributed by atoms with Gasteiger partial charge in [-0.3, -0.25) is 0 Å². The Balaban J connectivity index is 2.49. The van der Waals surface area contributed by atoms with Gasteiger partial charge in [0.05, 0.1) is 6.61 Å². The van der Waals surface area contributed by atoms with Gasteiger partial charge in [0, 0.05) is 11.5 Å². The van der Waals surface area contributed by atoms with Gasteiger partial charge >= 0.3 is 5.97 Å². The van der Waals surface area contributed by atoms with Crippen molar-refractivity contribution < 1.29 is 9.53 Å². The summed E-state index contributed by atoms with van der Waals surface area (Å²) in [4.78, 5) is 11.3. The summed E-state index contributed by atoms with van der Waals surface area (Å²) >= 11 is 0. The molecule has 0 fully saturated rings. The van der Waals surface area contributed by atoms with Crippen molar-refractivity contribution >= 4 is 5.97 Å². The number of ether oxygens (including phenoxy) is 1. The van der Waals surface area contributed by atoms with Crippen LogP contribution in [0.2, 0.25) is 0 Å². The van der Waals surface area contributed by atoms with E-state index in [1.54, 1.807) is 6.92 Å². The first-order valence-corrected chi connectivity index (χ1v) is 6.03. The molecule has 0 aliphatic heterocycles. The van der Waals surface area contributed by atoms with E-state index < -0.39 is 0 Å². The molecular formula is C14H22O2. The number of allylic oxidation sites excluding steroid dienone is 1. The van der Waals surface area contributed by atoms with E-state index in [-0.39, 0.29) is 5.97 Å². The quantitative estimate of drug-likeness (QED) is 0.412. The highest BCUT2D eigenvalue weighted by molar-refractivity contribution is 5.86. The third-order valence-electron chi connectivity index (χ3n) is 3.20. The fraction of sp³-hybridized carbons (Fsp3) is 0.643. The van der Waals surface area contributed by atoms with E-state index in [1.165, 1.54) is 30.4 Å². The summed E-state index contributed by atoms with van der Waals surface area (Å²) in [5, 5.41) is 0. The predicted octanol–water partition coefficient (Wildman–Crippen LogP) is 3.63. The minimum absolute atomic E-state index is 0.277. The molecule has 0 radical (unpaired) electrons. The Morgan fingerprint density at radius 2 is 2.06 bits per heavy atom. The number of hydrogen-bond acceptors (Lipinski definition) is 2. The molecule has 2 heteroatoms. The van der Waals surface area contributed by atoms with Crippen LogP contribution >= 0.6 is 0 Å². The fourth-order valence-corrected chi connectivity index (χ4v) is 2.17. The normalized spacial score (nSPS) is 18.2. The van der Waals surface area contributed by atoms with Crippen LogP contribution in [0.3, 0.4) is 0 Å². The van der Waals surface area contributed by atoms with Crippen molar-refractivity contribution in [2.75, 3.05) is 6.61 Å². The summed E-state index contributed by atoms with van der Waals surface area (Å²) in [6, 6.07) is 0. The highest BCUT2D eigenvalue weighted by atomic mass is 16.5. The van der Waals surface area contributed by atoms with Gasteiger partial charge in [0.1, 0.15) is 0 Å². The van der Waals surface area contributed by atoms with Gasteiger partial charge in [0.2, 0.25) is 0 Å². The highest BCUT2D eigenvalue weighted by Crippen LogP contribution is 2.29. The van der Waals surface area contributed by atoms with Crippen molar-refractivity contribution in [1.29, 1.82) is 0 Å². The van der Waals surface area contributed by atoms with Gasteiger partial charge in [-0.15, -0.1) is 0 Å². The number of carbonyl (C=O) groups excluding carboxylic acids is 1. The van der Waals surface area contributed by atoms with Crippen molar-refractivity contribution in [1.82, 2.24) is 0 Å². The summed E-state index contributed by atoms with van der Waals surface area (Å²) in [7, 11) is 0. The fourth-order valence-electron chi connectivity index (χ4n) is 2.17. The van der Waals surface area contributed by atoms with Crippen LogP contribution in [0.15, 0.2) is 23.3 Å². The van der Waals surface area contributed by atoms with E-state index in [9.17, 15) is 4.79 Å². The Hall–Kier alpha value is -1.05. The molecule has 0 spiro atoms. The van der Waals surface area contributed by atoms with Gasteiger partial charge in [0.15, 0.2) is 0 Å². The first kappa shape index (κ1) is 13.0. The molecule has 0 saturated carbocycles. The summed E-state index contributed by atoms with van der Waals surface area (Å²) < 4.78 is 5.19. The standard InChI is InChI=1S/C14H22O2/c1-10(2)14(15)16-9-12(4)13-8-6-5-7-11(13)3/h12H,1,5-9H2,2-4H3. The van der Waals surface area contributed by atoms with Crippen LogP contribution in [0.5, 0.6) is 0 Å². The second-order valence-corrected chi connectivity index (χ2v) is 4.79. The van der Waals surface area contributed by atoms with Crippen LogP contribution in [0.1, 0.15) is 46.5 Å². The van der Waals surface area contributed by atoms with E-state index in [0.717, 1.165) is 6.42 Å². The maximum atomic E-state index is 11.3. The maximum Gasteiger partial charge on any atom is 0.333 e. The Labute approximate surface area is 98.4 Å². The zero-order valence-corrected chi connectivity index (χ0v) is 10.6. The molecule has 1 rings (SSSR count). The Bertz CT molecular complexity index is 313. The summed E-state index contributed by atoms with van der Waals surface area (Å²) in [6.45, 7) is 10.1. The Morgan fingerprint density at radius 1 is 1.44 bits per heavy atom. The molecular weight excluding hydrogens is 200 g/mol. The lowest BCUT2D eigenvalue weighted by Gasteiger charge is -2.23. The molecule has 1 aliphatic carbocycles. The number of carbonyl (C=O) groups is 1. The average molecular weight is 222 g/mol. The smallest absolute Gasteiger partial charge is 0.333 e. The SMILES string of the molecule is C=C(C)C(=O)OCC(C)C1=C(C)CCCC1. The van der Waals surface area contributed by atoms with Gasteiger partial charge in [-0.2, -0.15) is 0 Å². The van der Waals surface area contributed by atoms with Crippen molar-refractivity contribution in [3.05, 3.63) is 23.3 Å². The topological polar surface area (TPSA) is 26.3 Å². The van der Waals surface area contributed by atoms with Crippen LogP contribution in [-0.4, -0.2) is 12.6 Å².